The number of hydrogen-bond donors (Lipinski definition) is 2. The quantitative estimate of drug-likeness (QED) is 0.622. The molecule has 0 aliphatic heterocycles. The number of carbonyl (C=O) groups is 2. The third-order valence-electron chi connectivity index (χ3n) is 1.75. The Hall–Kier alpha value is -1.85. The van der Waals surface area contributed by atoms with Crippen molar-refractivity contribution in [2.24, 2.45) is 7.05 Å². The Labute approximate surface area is 80.5 Å². The van der Waals surface area contributed by atoms with Crippen LogP contribution in [0.25, 0.3) is 0 Å². The minimum atomic E-state index is -1.48. The lowest BCUT2D eigenvalue weighted by Gasteiger charge is -1.99. The van der Waals surface area contributed by atoms with Crippen LogP contribution in [0.3, 0.4) is 0 Å². The van der Waals surface area contributed by atoms with E-state index in [0.717, 1.165) is 11.3 Å². The second-order valence-electron chi connectivity index (χ2n) is 2.90. The van der Waals surface area contributed by atoms with E-state index in [1.54, 1.807) is 24.9 Å². The molecule has 76 valence electrons. The van der Waals surface area contributed by atoms with Gasteiger partial charge in [0.25, 0.3) is 0 Å². The Morgan fingerprint density at radius 3 is 2.71 bits per heavy atom. The molecule has 0 aromatic carbocycles. The standard InChI is InChI=1S/C8H11N3O3/c1-5-6(4-11(2)10-5)3-9-7(12)8(13)14/h4H,3H2,1-2H3,(H,9,12)(H,13,14). The highest BCUT2D eigenvalue weighted by Gasteiger charge is 2.11. The van der Waals surface area contributed by atoms with Crippen molar-refractivity contribution in [3.05, 3.63) is 17.5 Å². The Kier molecular flexibility index (Phi) is 2.85. The number of nitrogens with zero attached hydrogens (tertiary/aromatic N) is 2. The van der Waals surface area contributed by atoms with Gasteiger partial charge in [0.1, 0.15) is 0 Å². The molecule has 0 saturated carbocycles. The Morgan fingerprint density at radius 2 is 2.29 bits per heavy atom. The molecule has 0 radical (unpaired) electrons. The van der Waals surface area contributed by atoms with Crippen LogP contribution >= 0.6 is 0 Å². The number of carboxylic acid groups (broad SMARTS) is 1. The molecule has 0 atom stereocenters. The lowest BCUT2D eigenvalue weighted by Crippen LogP contribution is -2.30. The van der Waals surface area contributed by atoms with Gasteiger partial charge in [0.15, 0.2) is 0 Å². The van der Waals surface area contributed by atoms with Crippen molar-refractivity contribution in [3.8, 4) is 0 Å². The summed E-state index contributed by atoms with van der Waals surface area (Å²) in [5.74, 6) is -2.49. The maximum Gasteiger partial charge on any atom is 0.394 e. The van der Waals surface area contributed by atoms with Crippen molar-refractivity contribution in [3.63, 3.8) is 0 Å². The van der Waals surface area contributed by atoms with Gasteiger partial charge in [-0.1, -0.05) is 0 Å². The summed E-state index contributed by atoms with van der Waals surface area (Å²) in [4.78, 5) is 20.9. The number of carboxylic acids is 1. The van der Waals surface area contributed by atoms with Crippen molar-refractivity contribution < 1.29 is 14.7 Å². The Balaban J connectivity index is 2.58. The Bertz CT molecular complexity index is 370. The van der Waals surface area contributed by atoms with Gasteiger partial charge in [0.2, 0.25) is 0 Å². The normalized spacial score (nSPS) is 9.86. The number of nitrogens with one attached hydrogen (secondary N) is 1. The summed E-state index contributed by atoms with van der Waals surface area (Å²) >= 11 is 0. The molecular formula is C8H11N3O3. The summed E-state index contributed by atoms with van der Waals surface area (Å²) in [7, 11) is 1.76. The van der Waals surface area contributed by atoms with Gasteiger partial charge in [-0.2, -0.15) is 5.10 Å². The lowest BCUT2D eigenvalue weighted by atomic mass is 10.2. The SMILES string of the molecule is Cc1nn(C)cc1CNC(=O)C(=O)O. The summed E-state index contributed by atoms with van der Waals surface area (Å²) in [6.45, 7) is 1.98. The van der Waals surface area contributed by atoms with Crippen molar-refractivity contribution in [1.82, 2.24) is 15.1 Å². The minimum Gasteiger partial charge on any atom is -0.474 e. The van der Waals surface area contributed by atoms with E-state index in [2.05, 4.69) is 10.4 Å². The van der Waals surface area contributed by atoms with Gasteiger partial charge in [-0.05, 0) is 6.92 Å². The molecule has 0 spiro atoms. The van der Waals surface area contributed by atoms with Gasteiger partial charge >= 0.3 is 11.9 Å². The van der Waals surface area contributed by atoms with E-state index in [1.807, 2.05) is 0 Å². The molecule has 6 heteroatoms. The number of carbonyl (C=O) groups excluding carboxylic acids is 1. The van der Waals surface area contributed by atoms with Crippen LogP contribution in [-0.4, -0.2) is 26.8 Å². The van der Waals surface area contributed by atoms with Crippen LogP contribution in [-0.2, 0) is 23.2 Å². The fourth-order valence-corrected chi connectivity index (χ4v) is 1.07. The van der Waals surface area contributed by atoms with E-state index < -0.39 is 11.9 Å². The molecule has 1 aromatic rings. The molecule has 6 nitrogen and oxygen atoms in total. The summed E-state index contributed by atoms with van der Waals surface area (Å²) in [6, 6.07) is 0. The Morgan fingerprint density at radius 1 is 1.64 bits per heavy atom. The summed E-state index contributed by atoms with van der Waals surface area (Å²) < 4.78 is 1.61. The van der Waals surface area contributed by atoms with E-state index in [4.69, 9.17) is 5.11 Å². The van der Waals surface area contributed by atoms with Crippen molar-refractivity contribution in [2.45, 2.75) is 13.5 Å². The fourth-order valence-electron chi connectivity index (χ4n) is 1.07. The monoisotopic (exact) mass is 197 g/mol. The third-order valence-corrected chi connectivity index (χ3v) is 1.75. The number of aliphatic carboxylic acids is 1. The van der Waals surface area contributed by atoms with Crippen molar-refractivity contribution in [2.75, 3.05) is 0 Å². The fraction of sp³-hybridized carbons (Fsp3) is 0.375. The number of rotatable bonds is 2. The molecule has 1 amide bonds. The number of aromatic nitrogens is 2. The second kappa shape index (κ2) is 3.91. The molecule has 1 rings (SSSR count). The van der Waals surface area contributed by atoms with Gasteiger partial charge in [-0.3, -0.25) is 9.48 Å². The van der Waals surface area contributed by atoms with Crippen LogP contribution in [0.4, 0.5) is 0 Å². The predicted octanol–water partition coefficient (Wildman–Crippen LogP) is -0.571. The molecular weight excluding hydrogens is 186 g/mol. The molecule has 0 aliphatic carbocycles. The van der Waals surface area contributed by atoms with Gasteiger partial charge in [-0.15, -0.1) is 0 Å². The largest absolute Gasteiger partial charge is 0.474 e. The molecule has 0 aliphatic rings. The first-order valence-electron chi connectivity index (χ1n) is 4.01. The highest BCUT2D eigenvalue weighted by molar-refractivity contribution is 6.31. The number of aryl methyl sites for hydroxylation is 2. The zero-order chi connectivity index (χ0) is 10.7. The molecule has 2 N–H and O–H groups in total. The number of hydrogen-bond acceptors (Lipinski definition) is 3. The predicted molar refractivity (Wildman–Crippen MR) is 47.4 cm³/mol. The maximum absolute atomic E-state index is 10.7. The van der Waals surface area contributed by atoms with Crippen LogP contribution in [0.1, 0.15) is 11.3 Å². The summed E-state index contributed by atoms with van der Waals surface area (Å²) in [6.07, 6.45) is 1.73. The smallest absolute Gasteiger partial charge is 0.394 e. The van der Waals surface area contributed by atoms with Crippen LogP contribution in [0.15, 0.2) is 6.20 Å². The van der Waals surface area contributed by atoms with Gasteiger partial charge in [-0.25, -0.2) is 4.79 Å². The molecule has 1 heterocycles. The first-order chi connectivity index (χ1) is 6.50. The maximum atomic E-state index is 10.7. The van der Waals surface area contributed by atoms with E-state index in [0.29, 0.717) is 0 Å². The topological polar surface area (TPSA) is 84.2 Å². The third kappa shape index (κ3) is 2.32. The van der Waals surface area contributed by atoms with Gasteiger partial charge in [0, 0.05) is 25.4 Å². The highest BCUT2D eigenvalue weighted by atomic mass is 16.4. The molecule has 0 bridgehead atoms. The average Bonchev–Trinajstić information content (AvgIpc) is 2.40. The molecule has 1 aromatic heterocycles. The van der Waals surface area contributed by atoms with Crippen LogP contribution in [0.2, 0.25) is 0 Å². The minimum absolute atomic E-state index is 0.185. The van der Waals surface area contributed by atoms with Gasteiger partial charge in [0.05, 0.1) is 5.69 Å². The van der Waals surface area contributed by atoms with Crippen molar-refractivity contribution >= 4 is 11.9 Å². The van der Waals surface area contributed by atoms with E-state index in [9.17, 15) is 9.59 Å². The summed E-state index contributed by atoms with van der Waals surface area (Å²) in [5, 5.41) is 14.6. The number of amides is 1. The van der Waals surface area contributed by atoms with Crippen LogP contribution < -0.4 is 5.32 Å². The molecule has 0 unspecified atom stereocenters. The molecule has 0 saturated heterocycles. The average molecular weight is 197 g/mol. The summed E-state index contributed by atoms with van der Waals surface area (Å²) in [5.41, 5.74) is 1.58. The first kappa shape index (κ1) is 10.2. The first-order valence-corrected chi connectivity index (χ1v) is 4.01. The molecule has 0 fully saturated rings. The van der Waals surface area contributed by atoms with Crippen LogP contribution in [0, 0.1) is 6.92 Å². The zero-order valence-corrected chi connectivity index (χ0v) is 7.94. The van der Waals surface area contributed by atoms with E-state index in [-0.39, 0.29) is 6.54 Å². The lowest BCUT2D eigenvalue weighted by molar-refractivity contribution is -0.150. The highest BCUT2D eigenvalue weighted by Crippen LogP contribution is 2.03. The van der Waals surface area contributed by atoms with E-state index in [1.165, 1.54) is 0 Å². The van der Waals surface area contributed by atoms with Crippen LogP contribution in [0.5, 0.6) is 0 Å². The second-order valence-corrected chi connectivity index (χ2v) is 2.90. The van der Waals surface area contributed by atoms with Crippen molar-refractivity contribution in [1.29, 1.82) is 0 Å². The van der Waals surface area contributed by atoms with Gasteiger partial charge < -0.3 is 10.4 Å². The molecule has 14 heavy (non-hydrogen) atoms. The zero-order valence-electron chi connectivity index (χ0n) is 7.94. The van der Waals surface area contributed by atoms with E-state index >= 15 is 0 Å².